The Morgan fingerprint density at radius 3 is 3.03 bits per heavy atom. The molecule has 7 heteroatoms. The highest BCUT2D eigenvalue weighted by atomic mass is 32.1. The monoisotopic (exact) mass is 434 g/mol. The van der Waals surface area contributed by atoms with Crippen molar-refractivity contribution in [3.8, 4) is 0 Å². The van der Waals surface area contributed by atoms with Gasteiger partial charge in [0.15, 0.2) is 0 Å². The van der Waals surface area contributed by atoms with E-state index in [1.54, 1.807) is 17.5 Å². The molecule has 31 heavy (non-hydrogen) atoms. The van der Waals surface area contributed by atoms with Crippen LogP contribution in [0.2, 0.25) is 0 Å². The molecule has 1 aromatic carbocycles. The molecule has 2 atom stereocenters. The van der Waals surface area contributed by atoms with Crippen LogP contribution in [-0.4, -0.2) is 40.0 Å². The number of rotatable bonds is 6. The standard InChI is InChI=1S/C24H26N4O2S/c1-17-27-20(15-31-17)14-28-13-19-6-2-3-7-21(19)24(28)11-22(30-16-24)23(29)26-10-8-18-5-4-9-25-12-18/h2-7,9,12,15,22H,8,10-11,13-14,16H2,1H3,(H,26,29). The van der Waals surface area contributed by atoms with Crippen molar-refractivity contribution in [3.05, 3.63) is 81.6 Å². The fourth-order valence-electron chi connectivity index (χ4n) is 4.75. The van der Waals surface area contributed by atoms with Gasteiger partial charge in [0, 0.05) is 43.8 Å². The van der Waals surface area contributed by atoms with Crippen molar-refractivity contribution < 1.29 is 9.53 Å². The molecule has 1 spiro atoms. The second-order valence-electron chi connectivity index (χ2n) is 8.31. The number of nitrogens with zero attached hydrogens (tertiary/aromatic N) is 3. The van der Waals surface area contributed by atoms with Gasteiger partial charge in [-0.2, -0.15) is 0 Å². The molecular formula is C24H26N4O2S. The van der Waals surface area contributed by atoms with Gasteiger partial charge in [0.1, 0.15) is 6.10 Å². The highest BCUT2D eigenvalue weighted by molar-refractivity contribution is 7.09. The van der Waals surface area contributed by atoms with E-state index in [9.17, 15) is 4.79 Å². The Morgan fingerprint density at radius 2 is 2.23 bits per heavy atom. The lowest BCUT2D eigenvalue weighted by Crippen LogP contribution is -2.42. The number of hydrogen-bond acceptors (Lipinski definition) is 6. The number of amides is 1. The van der Waals surface area contributed by atoms with Crippen molar-refractivity contribution in [1.82, 2.24) is 20.2 Å². The highest BCUT2D eigenvalue weighted by Crippen LogP contribution is 2.47. The molecular weight excluding hydrogens is 408 g/mol. The molecule has 1 N–H and O–H groups in total. The van der Waals surface area contributed by atoms with Crippen LogP contribution in [0.25, 0.3) is 0 Å². The quantitative estimate of drug-likeness (QED) is 0.645. The fourth-order valence-corrected chi connectivity index (χ4v) is 5.36. The second-order valence-corrected chi connectivity index (χ2v) is 9.37. The molecule has 0 radical (unpaired) electrons. The predicted molar refractivity (Wildman–Crippen MR) is 120 cm³/mol. The summed E-state index contributed by atoms with van der Waals surface area (Å²) in [5.74, 6) is -0.0328. The number of ether oxygens (including phenoxy) is 1. The van der Waals surface area contributed by atoms with Gasteiger partial charge in [-0.15, -0.1) is 11.3 Å². The van der Waals surface area contributed by atoms with E-state index >= 15 is 0 Å². The van der Waals surface area contributed by atoms with Crippen LogP contribution in [0.3, 0.4) is 0 Å². The second kappa shape index (κ2) is 8.49. The number of thiazole rings is 1. The number of pyridine rings is 1. The van der Waals surface area contributed by atoms with Gasteiger partial charge in [0.05, 0.1) is 22.8 Å². The summed E-state index contributed by atoms with van der Waals surface area (Å²) in [7, 11) is 0. The third-order valence-electron chi connectivity index (χ3n) is 6.28. The molecule has 2 aromatic heterocycles. The van der Waals surface area contributed by atoms with Gasteiger partial charge in [-0.1, -0.05) is 30.3 Å². The smallest absolute Gasteiger partial charge is 0.249 e. The number of nitrogens with one attached hydrogen (secondary N) is 1. The fraction of sp³-hybridized carbons (Fsp3) is 0.375. The first-order valence-electron chi connectivity index (χ1n) is 10.7. The van der Waals surface area contributed by atoms with E-state index in [0.717, 1.165) is 35.8 Å². The van der Waals surface area contributed by atoms with Gasteiger partial charge in [0.2, 0.25) is 5.91 Å². The van der Waals surface area contributed by atoms with Crippen LogP contribution in [0.4, 0.5) is 0 Å². The van der Waals surface area contributed by atoms with Crippen molar-refractivity contribution in [1.29, 1.82) is 0 Å². The number of carbonyl (C=O) groups is 1. The van der Waals surface area contributed by atoms with E-state index in [2.05, 4.69) is 49.8 Å². The normalized spacial score (nSPS) is 22.7. The summed E-state index contributed by atoms with van der Waals surface area (Å²) in [4.78, 5) is 24.1. The molecule has 3 aromatic rings. The maximum absolute atomic E-state index is 12.9. The lowest BCUT2D eigenvalue weighted by molar-refractivity contribution is -0.130. The van der Waals surface area contributed by atoms with Gasteiger partial charge in [0.25, 0.3) is 0 Å². The molecule has 0 aliphatic carbocycles. The predicted octanol–water partition coefficient (Wildman–Crippen LogP) is 3.21. The van der Waals surface area contributed by atoms with E-state index in [4.69, 9.17) is 4.74 Å². The summed E-state index contributed by atoms with van der Waals surface area (Å²) in [6, 6.07) is 12.5. The summed E-state index contributed by atoms with van der Waals surface area (Å²) in [6.45, 7) is 4.75. The molecule has 2 aliphatic rings. The maximum atomic E-state index is 12.9. The topological polar surface area (TPSA) is 67.4 Å². The van der Waals surface area contributed by atoms with E-state index < -0.39 is 6.10 Å². The average molecular weight is 435 g/mol. The largest absolute Gasteiger partial charge is 0.366 e. The maximum Gasteiger partial charge on any atom is 0.249 e. The summed E-state index contributed by atoms with van der Waals surface area (Å²) >= 11 is 1.68. The molecule has 1 amide bonds. The molecule has 4 heterocycles. The lowest BCUT2D eigenvalue weighted by Gasteiger charge is -2.34. The summed E-state index contributed by atoms with van der Waals surface area (Å²) in [6.07, 6.45) is 4.56. The lowest BCUT2D eigenvalue weighted by atomic mass is 9.87. The molecule has 6 nitrogen and oxygen atoms in total. The van der Waals surface area contributed by atoms with Gasteiger partial charge < -0.3 is 10.1 Å². The van der Waals surface area contributed by atoms with Crippen molar-refractivity contribution in [2.75, 3.05) is 13.2 Å². The van der Waals surface area contributed by atoms with E-state index in [-0.39, 0.29) is 11.4 Å². The van der Waals surface area contributed by atoms with Crippen molar-refractivity contribution in [2.24, 2.45) is 0 Å². The molecule has 1 fully saturated rings. The van der Waals surface area contributed by atoms with Crippen LogP contribution in [0.15, 0.2) is 54.2 Å². The first-order valence-corrected chi connectivity index (χ1v) is 11.5. The Kier molecular flexibility index (Phi) is 5.56. The van der Waals surface area contributed by atoms with E-state index in [1.807, 2.05) is 25.3 Å². The van der Waals surface area contributed by atoms with Gasteiger partial charge in [-0.3, -0.25) is 14.7 Å². The Morgan fingerprint density at radius 1 is 1.32 bits per heavy atom. The van der Waals surface area contributed by atoms with Crippen LogP contribution in [-0.2, 0) is 34.6 Å². The van der Waals surface area contributed by atoms with Gasteiger partial charge in [-0.25, -0.2) is 4.98 Å². The number of fused-ring (bicyclic) bond motifs is 2. The Bertz CT molecular complexity index is 1070. The summed E-state index contributed by atoms with van der Waals surface area (Å²) in [5.41, 5.74) is 4.52. The average Bonchev–Trinajstić information content (AvgIpc) is 3.49. The van der Waals surface area contributed by atoms with Crippen LogP contribution in [0.1, 0.15) is 33.8 Å². The van der Waals surface area contributed by atoms with Crippen LogP contribution < -0.4 is 5.32 Å². The number of aromatic nitrogens is 2. The number of carbonyl (C=O) groups excluding carboxylic acids is 1. The summed E-state index contributed by atoms with van der Waals surface area (Å²) in [5, 5.41) is 6.26. The zero-order chi connectivity index (χ0) is 21.3. The van der Waals surface area contributed by atoms with Crippen molar-refractivity contribution in [2.45, 2.75) is 44.5 Å². The first-order chi connectivity index (χ1) is 15.1. The van der Waals surface area contributed by atoms with Crippen molar-refractivity contribution in [3.63, 3.8) is 0 Å². The molecule has 1 saturated heterocycles. The first kappa shape index (κ1) is 20.3. The SMILES string of the molecule is Cc1nc(CN2Cc3ccccc3C23COC(C(=O)NCCc2cccnc2)C3)cs1. The van der Waals surface area contributed by atoms with Crippen LogP contribution >= 0.6 is 11.3 Å². The minimum absolute atomic E-state index is 0.0328. The molecule has 0 saturated carbocycles. The number of benzene rings is 1. The van der Waals surface area contributed by atoms with Crippen LogP contribution in [0, 0.1) is 6.92 Å². The summed E-state index contributed by atoms with van der Waals surface area (Å²) < 4.78 is 6.10. The van der Waals surface area contributed by atoms with E-state index in [1.165, 1.54) is 11.1 Å². The van der Waals surface area contributed by atoms with Crippen LogP contribution in [0.5, 0.6) is 0 Å². The number of aryl methyl sites for hydroxylation is 1. The molecule has 0 bridgehead atoms. The molecule has 5 rings (SSSR count). The molecule has 2 aliphatic heterocycles. The minimum atomic E-state index is -0.445. The minimum Gasteiger partial charge on any atom is -0.366 e. The Hall–Kier alpha value is -2.61. The zero-order valence-corrected chi connectivity index (χ0v) is 18.4. The van der Waals surface area contributed by atoms with Gasteiger partial charge in [-0.05, 0) is 36.1 Å². The third-order valence-corrected chi connectivity index (χ3v) is 7.10. The Labute approximate surface area is 186 Å². The van der Waals surface area contributed by atoms with Gasteiger partial charge >= 0.3 is 0 Å². The Balaban J connectivity index is 1.29. The highest BCUT2D eigenvalue weighted by Gasteiger charge is 2.52. The number of hydrogen-bond donors (Lipinski definition) is 1. The van der Waals surface area contributed by atoms with E-state index in [0.29, 0.717) is 19.6 Å². The molecule has 2 unspecified atom stereocenters. The third kappa shape index (κ3) is 4.01. The molecule has 160 valence electrons. The zero-order valence-electron chi connectivity index (χ0n) is 17.6. The van der Waals surface area contributed by atoms with Crippen molar-refractivity contribution >= 4 is 17.2 Å².